The molecular weight excluding hydrogens is 461 g/mol. The molecule has 0 radical (unpaired) electrons. The van der Waals surface area contributed by atoms with E-state index in [0.29, 0.717) is 33.9 Å². The van der Waals surface area contributed by atoms with Crippen molar-refractivity contribution in [2.75, 3.05) is 0 Å². The van der Waals surface area contributed by atoms with Gasteiger partial charge in [-0.3, -0.25) is 9.78 Å². The van der Waals surface area contributed by atoms with Crippen LogP contribution in [0.15, 0.2) is 55.1 Å². The molecule has 1 aliphatic heterocycles. The van der Waals surface area contributed by atoms with Crippen molar-refractivity contribution in [3.05, 3.63) is 71.4 Å². The summed E-state index contributed by atoms with van der Waals surface area (Å²) in [4.78, 5) is 24.4. The van der Waals surface area contributed by atoms with Crippen molar-refractivity contribution in [2.45, 2.75) is 12.9 Å². The maximum absolute atomic E-state index is 12.8. The third-order valence-electron chi connectivity index (χ3n) is 4.83. The summed E-state index contributed by atoms with van der Waals surface area (Å²) >= 11 is 6.09. The highest BCUT2D eigenvalue weighted by Crippen LogP contribution is 2.35. The van der Waals surface area contributed by atoms with Gasteiger partial charge >= 0.3 is 6.36 Å². The molecule has 166 valence electrons. The van der Waals surface area contributed by atoms with Crippen LogP contribution in [0.25, 0.3) is 28.3 Å². The lowest BCUT2D eigenvalue weighted by atomic mass is 10.1. The highest BCUT2D eigenvalue weighted by Gasteiger charge is 2.32. The van der Waals surface area contributed by atoms with Crippen LogP contribution in [0.1, 0.15) is 16.1 Å². The van der Waals surface area contributed by atoms with Gasteiger partial charge in [-0.05, 0) is 36.4 Å². The summed E-state index contributed by atoms with van der Waals surface area (Å²) in [6.45, 7) is 0.236. The van der Waals surface area contributed by atoms with E-state index in [4.69, 9.17) is 11.6 Å². The largest absolute Gasteiger partial charge is 0.573 e. The van der Waals surface area contributed by atoms with Crippen molar-refractivity contribution in [1.29, 1.82) is 0 Å². The number of fused-ring (bicyclic) bond motifs is 1. The lowest BCUT2D eigenvalue weighted by Crippen LogP contribution is -2.17. The van der Waals surface area contributed by atoms with Gasteiger partial charge in [0.05, 0.1) is 23.3 Å². The zero-order chi connectivity index (χ0) is 23.2. The summed E-state index contributed by atoms with van der Waals surface area (Å²) < 4.78 is 44.0. The number of hydrogen-bond acceptors (Lipinski definition) is 6. The number of hydrogen-bond donors (Lipinski definition) is 1. The number of aromatic nitrogens is 5. The Bertz CT molecular complexity index is 1370. The Morgan fingerprint density at radius 1 is 1.12 bits per heavy atom. The summed E-state index contributed by atoms with van der Waals surface area (Å²) in [5.41, 5.74) is 2.94. The number of pyridine rings is 1. The molecule has 0 atom stereocenters. The topological polar surface area (TPSA) is 94.8 Å². The van der Waals surface area contributed by atoms with Gasteiger partial charge in [-0.15, -0.1) is 13.2 Å². The molecule has 0 aliphatic carbocycles. The quantitative estimate of drug-likeness (QED) is 0.478. The van der Waals surface area contributed by atoms with Gasteiger partial charge < -0.3 is 10.1 Å². The monoisotopic (exact) mass is 472 g/mol. The Balaban J connectivity index is 1.69. The Morgan fingerprint density at radius 2 is 1.94 bits per heavy atom. The van der Waals surface area contributed by atoms with Gasteiger partial charge in [0.2, 0.25) is 0 Å². The Kier molecular flexibility index (Phi) is 4.97. The third-order valence-corrected chi connectivity index (χ3v) is 5.05. The van der Waals surface area contributed by atoms with Gasteiger partial charge in [0.1, 0.15) is 23.5 Å². The number of nitrogens with one attached hydrogen (secondary N) is 1. The molecule has 12 heteroatoms. The number of nitrogens with zero attached hydrogens (tertiary/aromatic N) is 5. The number of carbonyl (C=O) groups excluding carboxylic acids is 1. The number of rotatable bonds is 4. The van der Waals surface area contributed by atoms with Crippen LogP contribution in [-0.4, -0.2) is 37.0 Å². The number of alkyl halides is 3. The van der Waals surface area contributed by atoms with E-state index < -0.39 is 12.1 Å². The number of amides is 1. The number of carbonyl (C=O) groups is 1. The van der Waals surface area contributed by atoms with Crippen molar-refractivity contribution in [1.82, 2.24) is 30.0 Å². The summed E-state index contributed by atoms with van der Waals surface area (Å²) in [5, 5.41) is 7.34. The third kappa shape index (κ3) is 4.10. The smallest absolute Gasteiger partial charge is 0.406 e. The lowest BCUT2D eigenvalue weighted by Gasteiger charge is -2.12. The molecule has 1 N–H and O–H groups in total. The molecule has 0 unspecified atom stereocenters. The molecule has 33 heavy (non-hydrogen) atoms. The molecule has 3 aromatic heterocycles. The van der Waals surface area contributed by atoms with Crippen LogP contribution in [0, 0.1) is 0 Å². The fourth-order valence-electron chi connectivity index (χ4n) is 3.53. The van der Waals surface area contributed by atoms with Gasteiger partial charge in [-0.1, -0.05) is 11.6 Å². The van der Waals surface area contributed by atoms with E-state index in [1.54, 1.807) is 30.6 Å². The maximum Gasteiger partial charge on any atom is 0.573 e. The van der Waals surface area contributed by atoms with Gasteiger partial charge in [-0.25, -0.2) is 14.6 Å². The van der Waals surface area contributed by atoms with Gasteiger partial charge in [0, 0.05) is 28.9 Å². The van der Waals surface area contributed by atoms with Crippen LogP contribution in [0.3, 0.4) is 0 Å². The van der Waals surface area contributed by atoms with Crippen molar-refractivity contribution in [3.63, 3.8) is 0 Å². The fourth-order valence-corrected chi connectivity index (χ4v) is 3.76. The molecule has 0 spiro atoms. The zero-order valence-electron chi connectivity index (χ0n) is 16.5. The molecule has 0 saturated heterocycles. The molecule has 1 aliphatic rings. The van der Waals surface area contributed by atoms with E-state index in [2.05, 4.69) is 30.1 Å². The van der Waals surface area contributed by atoms with E-state index in [1.807, 2.05) is 0 Å². The number of ether oxygens (including phenoxy) is 1. The summed E-state index contributed by atoms with van der Waals surface area (Å²) in [5.74, 6) is -0.785. The highest BCUT2D eigenvalue weighted by atomic mass is 35.5. The predicted molar refractivity (Wildman–Crippen MR) is 111 cm³/mol. The van der Waals surface area contributed by atoms with Crippen LogP contribution in [0.4, 0.5) is 13.2 Å². The molecule has 4 heterocycles. The van der Waals surface area contributed by atoms with Crippen LogP contribution in [-0.2, 0) is 6.54 Å². The van der Waals surface area contributed by atoms with E-state index in [0.717, 1.165) is 6.07 Å². The second-order valence-corrected chi connectivity index (χ2v) is 7.43. The second kappa shape index (κ2) is 7.85. The average Bonchev–Trinajstić information content (AvgIpc) is 3.37. The molecule has 0 bridgehead atoms. The Hall–Kier alpha value is -3.99. The van der Waals surface area contributed by atoms with E-state index >= 15 is 0 Å². The summed E-state index contributed by atoms with van der Waals surface area (Å²) in [6, 6.07) is 8.85. The molecule has 1 aromatic carbocycles. The molecule has 0 fully saturated rings. The Labute approximate surface area is 189 Å². The van der Waals surface area contributed by atoms with Crippen molar-refractivity contribution in [3.8, 4) is 34.1 Å². The summed E-state index contributed by atoms with van der Waals surface area (Å²) in [6.07, 6.45) is -0.488. The minimum atomic E-state index is -4.88. The first kappa shape index (κ1) is 20.9. The van der Waals surface area contributed by atoms with Crippen molar-refractivity contribution in [2.24, 2.45) is 0 Å². The molecule has 4 aromatic rings. The molecule has 1 amide bonds. The van der Waals surface area contributed by atoms with E-state index in [9.17, 15) is 18.0 Å². The van der Waals surface area contributed by atoms with Crippen LogP contribution in [0.5, 0.6) is 5.75 Å². The van der Waals surface area contributed by atoms with Gasteiger partial charge in [0.25, 0.3) is 5.91 Å². The molecule has 5 rings (SSSR count). The fraction of sp³-hybridized carbons (Fsp3) is 0.0952. The predicted octanol–water partition coefficient (Wildman–Crippen LogP) is 4.19. The first-order valence-corrected chi connectivity index (χ1v) is 9.86. The first-order valence-electron chi connectivity index (χ1n) is 9.48. The number of benzene rings is 1. The lowest BCUT2D eigenvalue weighted by molar-refractivity contribution is -0.274. The van der Waals surface area contributed by atoms with Crippen LogP contribution in [0.2, 0.25) is 5.02 Å². The van der Waals surface area contributed by atoms with Gasteiger partial charge in [0.15, 0.2) is 0 Å². The molecular formula is C21H12ClF3N6O2. The average molecular weight is 473 g/mol. The normalized spacial score (nSPS) is 13.0. The standard InChI is InChI=1S/C21H12ClF3N6O2/c22-12-4-11(5-14(6-12)33-21(23,24)25)17-7-16(30-31(17)13-2-1-3-26-8-13)18-15-9-27-20(32)19(15)29-10-28-18/h1-8,10H,9H2,(H,27,32). The van der Waals surface area contributed by atoms with Crippen molar-refractivity contribution >= 4 is 17.5 Å². The summed E-state index contributed by atoms with van der Waals surface area (Å²) in [7, 11) is 0. The van der Waals surface area contributed by atoms with Crippen LogP contribution >= 0.6 is 11.6 Å². The minimum absolute atomic E-state index is 0.0463. The van der Waals surface area contributed by atoms with E-state index in [1.165, 1.54) is 23.1 Å². The van der Waals surface area contributed by atoms with Crippen molar-refractivity contribution < 1.29 is 22.7 Å². The SMILES string of the molecule is O=C1NCc2c1ncnc2-c1cc(-c2cc(Cl)cc(OC(F)(F)F)c2)n(-c2cccnc2)n1. The van der Waals surface area contributed by atoms with Crippen LogP contribution < -0.4 is 10.1 Å². The minimum Gasteiger partial charge on any atom is -0.406 e. The zero-order valence-corrected chi connectivity index (χ0v) is 17.2. The second-order valence-electron chi connectivity index (χ2n) is 6.99. The first-order chi connectivity index (χ1) is 15.8. The van der Waals surface area contributed by atoms with Gasteiger partial charge in [-0.2, -0.15) is 5.10 Å². The van der Waals surface area contributed by atoms with E-state index in [-0.39, 0.29) is 23.2 Å². The highest BCUT2D eigenvalue weighted by molar-refractivity contribution is 6.31. The maximum atomic E-state index is 12.8. The molecule has 8 nitrogen and oxygen atoms in total. The Morgan fingerprint density at radius 3 is 2.70 bits per heavy atom. The number of halogens is 4. The molecule has 0 saturated carbocycles.